The molecule has 4 heterocycles. The third kappa shape index (κ3) is 3.54. The fourth-order valence-electron chi connectivity index (χ4n) is 3.42. The molecule has 2 N–H and O–H groups in total. The lowest BCUT2D eigenvalue weighted by Gasteiger charge is -2.38. The second-order valence-electron chi connectivity index (χ2n) is 6.60. The fourth-order valence-corrected chi connectivity index (χ4v) is 4.40. The van der Waals surface area contributed by atoms with Crippen molar-refractivity contribution in [3.8, 4) is 0 Å². The molecular weight excluding hydrogens is 358 g/mol. The van der Waals surface area contributed by atoms with Crippen molar-refractivity contribution in [2.75, 3.05) is 36.9 Å². The highest BCUT2D eigenvalue weighted by Gasteiger charge is 2.38. The van der Waals surface area contributed by atoms with Crippen molar-refractivity contribution in [2.24, 2.45) is 5.41 Å². The van der Waals surface area contributed by atoms with Gasteiger partial charge in [0.2, 0.25) is 0 Å². The highest BCUT2D eigenvalue weighted by atomic mass is 35.5. The quantitative estimate of drug-likeness (QED) is 0.822. The second-order valence-corrected chi connectivity index (χ2v) is 7.99. The Bertz CT molecular complexity index is 758. The Balaban J connectivity index is 1.46. The highest BCUT2D eigenvalue weighted by molar-refractivity contribution is 7.99. The van der Waals surface area contributed by atoms with Crippen molar-refractivity contribution in [3.63, 3.8) is 0 Å². The Morgan fingerprint density at radius 3 is 2.76 bits per heavy atom. The van der Waals surface area contributed by atoms with Gasteiger partial charge in [-0.25, -0.2) is 15.0 Å². The lowest BCUT2D eigenvalue weighted by molar-refractivity contribution is 0.133. The van der Waals surface area contributed by atoms with E-state index in [0.29, 0.717) is 21.4 Å². The second kappa shape index (κ2) is 6.97. The van der Waals surface area contributed by atoms with Crippen LogP contribution in [0.2, 0.25) is 5.15 Å². The van der Waals surface area contributed by atoms with Crippen LogP contribution in [0.1, 0.15) is 19.3 Å². The average Bonchev–Trinajstić information content (AvgIpc) is 3.07. The molecule has 0 unspecified atom stereocenters. The lowest BCUT2D eigenvalue weighted by Crippen LogP contribution is -2.41. The number of anilines is 2. The largest absolute Gasteiger partial charge is 0.381 e. The van der Waals surface area contributed by atoms with Crippen molar-refractivity contribution in [2.45, 2.75) is 29.2 Å². The van der Waals surface area contributed by atoms with E-state index in [1.807, 2.05) is 12.1 Å². The molecule has 4 rings (SSSR count). The van der Waals surface area contributed by atoms with Gasteiger partial charge in [0.1, 0.15) is 16.0 Å². The van der Waals surface area contributed by atoms with E-state index in [1.54, 1.807) is 12.4 Å². The number of hydrogen-bond donors (Lipinski definition) is 1. The van der Waals surface area contributed by atoms with Crippen LogP contribution >= 0.6 is 23.4 Å². The molecule has 8 heteroatoms. The maximum atomic E-state index is 6.14. The molecule has 1 spiro atoms. The summed E-state index contributed by atoms with van der Waals surface area (Å²) in [6.45, 7) is 3.74. The van der Waals surface area contributed by atoms with Crippen LogP contribution in [0.3, 0.4) is 0 Å². The van der Waals surface area contributed by atoms with E-state index in [0.717, 1.165) is 49.9 Å². The van der Waals surface area contributed by atoms with Gasteiger partial charge in [-0.3, -0.25) is 0 Å². The lowest BCUT2D eigenvalue weighted by atomic mass is 9.78. The molecule has 0 radical (unpaired) electrons. The number of nitrogens with two attached hydrogens (primary N) is 1. The van der Waals surface area contributed by atoms with Crippen LogP contribution in [0.25, 0.3) is 0 Å². The zero-order chi connectivity index (χ0) is 17.3. The SMILES string of the molecule is Nc1nc(N2CCC3(CCOC3)CC2)cnc1Sc1cccnc1Cl. The van der Waals surface area contributed by atoms with Crippen molar-refractivity contribution >= 4 is 35.0 Å². The van der Waals surface area contributed by atoms with E-state index in [1.165, 1.54) is 18.2 Å². The molecule has 6 nitrogen and oxygen atoms in total. The summed E-state index contributed by atoms with van der Waals surface area (Å²) in [4.78, 5) is 16.2. The molecule has 2 fully saturated rings. The minimum atomic E-state index is 0.377. The summed E-state index contributed by atoms with van der Waals surface area (Å²) in [5.41, 5.74) is 6.51. The standard InChI is InChI=1S/C17H20ClN5OS/c18-14-12(2-1-6-20-14)25-16-15(19)22-13(10-21-16)23-7-3-17(4-8-23)5-9-24-11-17/h1-2,6,10H,3-5,7-9,11H2,(H2,19,22). The number of nitrogen functional groups attached to an aromatic ring is 1. The third-order valence-corrected chi connectivity index (χ3v) is 6.49. The molecule has 0 bridgehead atoms. The van der Waals surface area contributed by atoms with E-state index in [-0.39, 0.29) is 0 Å². The Morgan fingerprint density at radius 1 is 1.24 bits per heavy atom. The van der Waals surface area contributed by atoms with Crippen molar-refractivity contribution in [1.29, 1.82) is 0 Å². The maximum absolute atomic E-state index is 6.14. The van der Waals surface area contributed by atoms with Crippen LogP contribution in [0, 0.1) is 5.41 Å². The molecule has 2 aliphatic heterocycles. The van der Waals surface area contributed by atoms with Crippen LogP contribution < -0.4 is 10.6 Å². The van der Waals surface area contributed by atoms with Crippen LogP contribution in [-0.2, 0) is 4.74 Å². The summed E-state index contributed by atoms with van der Waals surface area (Å²) in [5, 5.41) is 1.09. The van der Waals surface area contributed by atoms with E-state index >= 15 is 0 Å². The Morgan fingerprint density at radius 2 is 2.08 bits per heavy atom. The van der Waals surface area contributed by atoms with Gasteiger partial charge in [-0.15, -0.1) is 0 Å². The first-order valence-corrected chi connectivity index (χ1v) is 9.58. The zero-order valence-electron chi connectivity index (χ0n) is 13.8. The number of rotatable bonds is 3. The molecular formula is C17H20ClN5OS. The average molecular weight is 378 g/mol. The maximum Gasteiger partial charge on any atom is 0.158 e. The summed E-state index contributed by atoms with van der Waals surface area (Å²) < 4.78 is 5.59. The molecule has 2 aromatic rings. The number of halogens is 1. The molecule has 0 amide bonds. The number of pyridine rings is 1. The van der Waals surface area contributed by atoms with Gasteiger partial charge in [0.05, 0.1) is 17.7 Å². The van der Waals surface area contributed by atoms with Crippen LogP contribution in [0.4, 0.5) is 11.6 Å². The monoisotopic (exact) mass is 377 g/mol. The normalized spacial score (nSPS) is 19.5. The van der Waals surface area contributed by atoms with Crippen LogP contribution in [0.5, 0.6) is 0 Å². The molecule has 0 atom stereocenters. The van der Waals surface area contributed by atoms with E-state index in [9.17, 15) is 0 Å². The molecule has 2 aromatic heterocycles. The number of hydrogen-bond acceptors (Lipinski definition) is 7. The Kier molecular flexibility index (Phi) is 4.71. The zero-order valence-corrected chi connectivity index (χ0v) is 15.4. The van der Waals surface area contributed by atoms with Crippen molar-refractivity contribution in [3.05, 3.63) is 29.7 Å². The first-order chi connectivity index (χ1) is 12.2. The number of nitrogens with zero attached hydrogens (tertiary/aromatic N) is 4. The number of aromatic nitrogens is 3. The molecule has 2 aliphatic rings. The summed E-state index contributed by atoms with van der Waals surface area (Å²) >= 11 is 7.48. The minimum absolute atomic E-state index is 0.377. The Hall–Kier alpha value is -1.57. The molecule has 132 valence electrons. The predicted octanol–water partition coefficient (Wildman–Crippen LogP) is 3.27. The van der Waals surface area contributed by atoms with Gasteiger partial charge in [0.25, 0.3) is 0 Å². The van der Waals surface area contributed by atoms with Gasteiger partial charge in [0.15, 0.2) is 5.82 Å². The van der Waals surface area contributed by atoms with E-state index in [2.05, 4.69) is 19.9 Å². The van der Waals surface area contributed by atoms with Crippen LogP contribution in [-0.4, -0.2) is 41.3 Å². The molecule has 2 saturated heterocycles. The topological polar surface area (TPSA) is 77.2 Å². The minimum Gasteiger partial charge on any atom is -0.381 e. The van der Waals surface area contributed by atoms with Gasteiger partial charge in [-0.1, -0.05) is 23.4 Å². The molecule has 25 heavy (non-hydrogen) atoms. The molecule has 0 aromatic carbocycles. The summed E-state index contributed by atoms with van der Waals surface area (Å²) in [6.07, 6.45) is 6.90. The predicted molar refractivity (Wildman–Crippen MR) is 99.1 cm³/mol. The van der Waals surface area contributed by atoms with Crippen LogP contribution in [0.15, 0.2) is 34.4 Å². The molecule has 0 aliphatic carbocycles. The number of ether oxygens (including phenoxy) is 1. The first kappa shape index (κ1) is 16.9. The van der Waals surface area contributed by atoms with Gasteiger partial charge < -0.3 is 15.4 Å². The van der Waals surface area contributed by atoms with E-state index < -0.39 is 0 Å². The molecule has 0 saturated carbocycles. The van der Waals surface area contributed by atoms with Gasteiger partial charge >= 0.3 is 0 Å². The summed E-state index contributed by atoms with van der Waals surface area (Å²) in [6, 6.07) is 3.73. The van der Waals surface area contributed by atoms with Crippen molar-refractivity contribution < 1.29 is 4.74 Å². The summed E-state index contributed by atoms with van der Waals surface area (Å²) in [5.74, 6) is 1.26. The highest BCUT2D eigenvalue weighted by Crippen LogP contribution is 2.40. The smallest absolute Gasteiger partial charge is 0.158 e. The third-order valence-electron chi connectivity index (χ3n) is 5.02. The fraction of sp³-hybridized carbons (Fsp3) is 0.471. The number of piperidine rings is 1. The van der Waals surface area contributed by atoms with Gasteiger partial charge in [-0.05, 0) is 36.8 Å². The van der Waals surface area contributed by atoms with Crippen molar-refractivity contribution in [1.82, 2.24) is 15.0 Å². The Labute approximate surface area is 156 Å². The van der Waals surface area contributed by atoms with E-state index in [4.69, 9.17) is 22.1 Å². The van der Waals surface area contributed by atoms with Gasteiger partial charge in [-0.2, -0.15) is 0 Å². The van der Waals surface area contributed by atoms with Gasteiger partial charge in [0, 0.05) is 25.9 Å². The first-order valence-electron chi connectivity index (χ1n) is 8.39. The summed E-state index contributed by atoms with van der Waals surface area (Å²) in [7, 11) is 0.